The van der Waals surface area contributed by atoms with E-state index < -0.39 is 17.8 Å². The second kappa shape index (κ2) is 8.20. The van der Waals surface area contributed by atoms with E-state index in [4.69, 9.17) is 17.0 Å². The third kappa shape index (κ3) is 4.96. The minimum atomic E-state index is -0.565. The van der Waals surface area contributed by atoms with Crippen molar-refractivity contribution in [3.63, 3.8) is 0 Å². The van der Waals surface area contributed by atoms with E-state index in [1.54, 1.807) is 30.3 Å². The first kappa shape index (κ1) is 18.2. The number of carbonyl (C=O) groups is 3. The molecule has 7 heteroatoms. The normalized spacial score (nSPS) is 13.9. The zero-order valence-corrected chi connectivity index (χ0v) is 14.8. The Balaban J connectivity index is 1.65. The highest BCUT2D eigenvalue weighted by Gasteiger charge is 2.25. The maximum atomic E-state index is 11.9. The number of esters is 1. The lowest BCUT2D eigenvalue weighted by Gasteiger charge is -2.16. The van der Waals surface area contributed by atoms with E-state index >= 15 is 0 Å². The number of hydrogen-bond acceptors (Lipinski definition) is 5. The van der Waals surface area contributed by atoms with Gasteiger partial charge in [0, 0.05) is 6.08 Å². The molecule has 1 aliphatic heterocycles. The molecule has 0 atom stereocenters. The predicted octanol–water partition coefficient (Wildman–Crippen LogP) is 2.22. The summed E-state index contributed by atoms with van der Waals surface area (Å²) in [5.74, 6) is -1.29. The van der Waals surface area contributed by atoms with Gasteiger partial charge in [-0.2, -0.15) is 0 Å². The number of hydrogen-bond donors (Lipinski definition) is 2. The van der Waals surface area contributed by atoms with E-state index in [0.717, 1.165) is 5.56 Å². The third-order valence-electron chi connectivity index (χ3n) is 3.56. The quantitative estimate of drug-likeness (QED) is 0.280. The molecule has 0 unspecified atom stereocenters. The largest absolute Gasteiger partial charge is 0.423 e. The molecular formula is C20H14N2O4S. The molecule has 2 aromatic carbocycles. The van der Waals surface area contributed by atoms with Crippen molar-refractivity contribution in [2.45, 2.75) is 0 Å². The Labute approximate surface area is 160 Å². The topological polar surface area (TPSA) is 84.5 Å². The van der Waals surface area contributed by atoms with Crippen molar-refractivity contribution in [2.24, 2.45) is 0 Å². The van der Waals surface area contributed by atoms with E-state index in [2.05, 4.69) is 10.6 Å². The molecule has 1 fully saturated rings. The first-order valence-corrected chi connectivity index (χ1v) is 8.35. The van der Waals surface area contributed by atoms with Crippen LogP contribution in [0, 0.1) is 0 Å². The standard InChI is InChI=1S/C20H14N2O4S/c23-17(11-8-13-4-2-1-3-5-13)26-15-9-6-14(7-10-15)12-16-18(24)21-20(27)22-19(16)25/h1-12H,(H2,21,22,24,25,27). The summed E-state index contributed by atoms with van der Waals surface area (Å²) in [6.07, 6.45) is 4.42. The Morgan fingerprint density at radius 2 is 1.52 bits per heavy atom. The van der Waals surface area contributed by atoms with Crippen LogP contribution in [0.15, 0.2) is 66.2 Å². The molecule has 2 amide bonds. The SMILES string of the molecule is O=C(C=Cc1ccccc1)Oc1ccc(C=C2C(=O)NC(=S)NC2=O)cc1. The second-order valence-corrected chi connectivity index (χ2v) is 5.94. The van der Waals surface area contributed by atoms with E-state index in [1.165, 1.54) is 12.2 Å². The molecular weight excluding hydrogens is 364 g/mol. The zero-order chi connectivity index (χ0) is 19.2. The second-order valence-electron chi connectivity index (χ2n) is 5.53. The molecule has 1 aliphatic rings. The molecule has 0 aliphatic carbocycles. The van der Waals surface area contributed by atoms with Crippen LogP contribution < -0.4 is 15.4 Å². The smallest absolute Gasteiger partial charge is 0.336 e. The number of benzene rings is 2. The molecule has 0 radical (unpaired) electrons. The summed E-state index contributed by atoms with van der Waals surface area (Å²) in [4.78, 5) is 35.5. The number of ether oxygens (including phenoxy) is 1. The van der Waals surface area contributed by atoms with Crippen LogP contribution in [0.4, 0.5) is 0 Å². The van der Waals surface area contributed by atoms with Gasteiger partial charge in [0.25, 0.3) is 11.8 Å². The van der Waals surface area contributed by atoms with E-state index in [9.17, 15) is 14.4 Å². The summed E-state index contributed by atoms with van der Waals surface area (Å²) in [7, 11) is 0. The summed E-state index contributed by atoms with van der Waals surface area (Å²) in [6, 6.07) is 15.8. The highest BCUT2D eigenvalue weighted by Crippen LogP contribution is 2.16. The average molecular weight is 378 g/mol. The van der Waals surface area contributed by atoms with Crippen molar-refractivity contribution >= 4 is 47.3 Å². The average Bonchev–Trinajstić information content (AvgIpc) is 2.65. The van der Waals surface area contributed by atoms with Gasteiger partial charge in [0.2, 0.25) is 0 Å². The Bertz CT molecular complexity index is 941. The summed E-state index contributed by atoms with van der Waals surface area (Å²) in [5.41, 5.74) is 1.43. The van der Waals surface area contributed by atoms with Crippen molar-refractivity contribution in [2.75, 3.05) is 0 Å². The van der Waals surface area contributed by atoms with Crippen LogP contribution in [0.5, 0.6) is 5.75 Å². The highest BCUT2D eigenvalue weighted by atomic mass is 32.1. The van der Waals surface area contributed by atoms with Crippen molar-refractivity contribution < 1.29 is 19.1 Å². The molecule has 0 spiro atoms. The van der Waals surface area contributed by atoms with Gasteiger partial charge in [-0.25, -0.2) is 4.79 Å². The lowest BCUT2D eigenvalue weighted by molar-refractivity contribution is -0.129. The van der Waals surface area contributed by atoms with Gasteiger partial charge in [-0.3, -0.25) is 20.2 Å². The number of nitrogens with one attached hydrogen (secondary N) is 2. The van der Waals surface area contributed by atoms with Gasteiger partial charge in [-0.1, -0.05) is 42.5 Å². The Morgan fingerprint density at radius 3 is 2.15 bits per heavy atom. The van der Waals surface area contributed by atoms with E-state index in [-0.39, 0.29) is 10.7 Å². The lowest BCUT2D eigenvalue weighted by atomic mass is 10.1. The van der Waals surface area contributed by atoms with Gasteiger partial charge in [0.1, 0.15) is 11.3 Å². The van der Waals surface area contributed by atoms with Crippen LogP contribution in [-0.4, -0.2) is 22.9 Å². The molecule has 0 aromatic heterocycles. The summed E-state index contributed by atoms with van der Waals surface area (Å²) in [5, 5.41) is 4.70. The van der Waals surface area contributed by atoms with Gasteiger partial charge in [0.15, 0.2) is 5.11 Å². The van der Waals surface area contributed by atoms with Gasteiger partial charge >= 0.3 is 5.97 Å². The lowest BCUT2D eigenvalue weighted by Crippen LogP contribution is -2.51. The molecule has 27 heavy (non-hydrogen) atoms. The fourth-order valence-electron chi connectivity index (χ4n) is 2.28. The molecule has 134 valence electrons. The van der Waals surface area contributed by atoms with Crippen molar-refractivity contribution in [1.82, 2.24) is 10.6 Å². The first-order chi connectivity index (χ1) is 13.0. The molecule has 2 N–H and O–H groups in total. The van der Waals surface area contributed by atoms with Crippen LogP contribution >= 0.6 is 12.2 Å². The van der Waals surface area contributed by atoms with Crippen LogP contribution in [-0.2, 0) is 14.4 Å². The molecule has 2 aromatic rings. The van der Waals surface area contributed by atoms with Crippen molar-refractivity contribution in [3.8, 4) is 5.75 Å². The fraction of sp³-hybridized carbons (Fsp3) is 0. The van der Waals surface area contributed by atoms with E-state index in [0.29, 0.717) is 11.3 Å². The van der Waals surface area contributed by atoms with Crippen LogP contribution in [0.1, 0.15) is 11.1 Å². The predicted molar refractivity (Wildman–Crippen MR) is 104 cm³/mol. The summed E-state index contributed by atoms with van der Waals surface area (Å²) < 4.78 is 5.22. The maximum absolute atomic E-state index is 11.9. The Morgan fingerprint density at radius 1 is 0.889 bits per heavy atom. The van der Waals surface area contributed by atoms with Crippen LogP contribution in [0.2, 0.25) is 0 Å². The van der Waals surface area contributed by atoms with Crippen LogP contribution in [0.3, 0.4) is 0 Å². The Hall–Kier alpha value is -3.58. The minimum Gasteiger partial charge on any atom is -0.423 e. The summed E-state index contributed by atoms with van der Waals surface area (Å²) >= 11 is 4.74. The van der Waals surface area contributed by atoms with Crippen molar-refractivity contribution in [1.29, 1.82) is 0 Å². The maximum Gasteiger partial charge on any atom is 0.336 e. The first-order valence-electron chi connectivity index (χ1n) is 7.94. The molecule has 0 saturated carbocycles. The monoisotopic (exact) mass is 378 g/mol. The molecule has 1 heterocycles. The zero-order valence-electron chi connectivity index (χ0n) is 14.0. The summed E-state index contributed by atoms with van der Waals surface area (Å²) in [6.45, 7) is 0. The van der Waals surface area contributed by atoms with Crippen LogP contribution in [0.25, 0.3) is 12.2 Å². The Kier molecular flexibility index (Phi) is 5.53. The van der Waals surface area contributed by atoms with E-state index in [1.807, 2.05) is 30.3 Å². The van der Waals surface area contributed by atoms with Gasteiger partial charge < -0.3 is 4.74 Å². The fourth-order valence-corrected chi connectivity index (χ4v) is 2.47. The number of rotatable bonds is 4. The molecule has 0 bridgehead atoms. The van der Waals surface area contributed by atoms with Crippen molar-refractivity contribution in [3.05, 3.63) is 77.4 Å². The number of amides is 2. The number of thiocarbonyl (C=S) groups is 1. The highest BCUT2D eigenvalue weighted by molar-refractivity contribution is 7.80. The minimum absolute atomic E-state index is 0.0204. The molecule has 3 rings (SSSR count). The third-order valence-corrected chi connectivity index (χ3v) is 3.77. The molecule has 6 nitrogen and oxygen atoms in total. The van der Waals surface area contributed by atoms with Gasteiger partial charge in [0.05, 0.1) is 0 Å². The molecule has 1 saturated heterocycles. The number of carbonyl (C=O) groups excluding carboxylic acids is 3. The van der Waals surface area contributed by atoms with Gasteiger partial charge in [-0.05, 0) is 47.6 Å². The van der Waals surface area contributed by atoms with Gasteiger partial charge in [-0.15, -0.1) is 0 Å².